The number of aromatic nitrogens is 1. The van der Waals surface area contributed by atoms with E-state index >= 15 is 0 Å². The molecule has 1 nitrogen and oxygen atoms in total. The summed E-state index contributed by atoms with van der Waals surface area (Å²) in [5.74, 6) is -0.204. The maximum atomic E-state index is 14.1. The van der Waals surface area contributed by atoms with E-state index in [-0.39, 0.29) is 16.6 Å². The van der Waals surface area contributed by atoms with Gasteiger partial charge in [-0.05, 0) is 23.1 Å². The largest absolute Gasteiger partial charge is 0.238 e. The molecule has 2 rings (SSSR count). The van der Waals surface area contributed by atoms with Crippen molar-refractivity contribution in [2.75, 3.05) is 0 Å². The number of halogens is 1. The standard InChI is InChI=1S/C15H20FNS/c1-14(2,3)9-7-10(16)12-11(8-9)18-13(17-12)15(4,5)6/h7-8H,1-6H3. The Hall–Kier alpha value is -0.960. The molecule has 0 saturated heterocycles. The lowest BCUT2D eigenvalue weighted by Gasteiger charge is -2.18. The first-order valence-corrected chi connectivity index (χ1v) is 7.02. The lowest BCUT2D eigenvalue weighted by atomic mass is 9.87. The van der Waals surface area contributed by atoms with Gasteiger partial charge in [0.05, 0.1) is 9.71 Å². The minimum atomic E-state index is -0.204. The predicted octanol–water partition coefficient (Wildman–Crippen LogP) is 5.03. The fourth-order valence-electron chi connectivity index (χ4n) is 1.74. The average molecular weight is 265 g/mol. The number of hydrogen-bond donors (Lipinski definition) is 0. The Morgan fingerprint density at radius 1 is 1.00 bits per heavy atom. The van der Waals surface area contributed by atoms with Crippen LogP contribution in [0.5, 0.6) is 0 Å². The quantitative estimate of drug-likeness (QED) is 0.651. The number of benzene rings is 1. The van der Waals surface area contributed by atoms with Gasteiger partial charge in [-0.2, -0.15) is 0 Å². The van der Waals surface area contributed by atoms with E-state index in [2.05, 4.69) is 52.6 Å². The summed E-state index contributed by atoms with van der Waals surface area (Å²) in [6.45, 7) is 12.6. The Morgan fingerprint density at radius 2 is 1.61 bits per heavy atom. The van der Waals surface area contributed by atoms with E-state index in [0.717, 1.165) is 15.3 Å². The van der Waals surface area contributed by atoms with E-state index < -0.39 is 0 Å². The van der Waals surface area contributed by atoms with E-state index in [9.17, 15) is 4.39 Å². The van der Waals surface area contributed by atoms with Crippen molar-refractivity contribution in [3.63, 3.8) is 0 Å². The second-order valence-electron chi connectivity index (χ2n) is 6.82. The van der Waals surface area contributed by atoms with Crippen LogP contribution < -0.4 is 0 Å². The highest BCUT2D eigenvalue weighted by atomic mass is 32.1. The summed E-state index contributed by atoms with van der Waals surface area (Å²) in [6.07, 6.45) is 0. The zero-order valence-electron chi connectivity index (χ0n) is 11.9. The van der Waals surface area contributed by atoms with E-state index in [4.69, 9.17) is 0 Å². The fourth-order valence-corrected chi connectivity index (χ4v) is 2.82. The molecule has 0 atom stereocenters. The lowest BCUT2D eigenvalue weighted by Crippen LogP contribution is -2.11. The summed E-state index contributed by atoms with van der Waals surface area (Å²) in [5, 5.41) is 0.988. The molecule has 1 heterocycles. The van der Waals surface area contributed by atoms with Gasteiger partial charge in [0, 0.05) is 5.41 Å². The van der Waals surface area contributed by atoms with E-state index in [0.29, 0.717) is 5.52 Å². The van der Waals surface area contributed by atoms with Gasteiger partial charge in [0.1, 0.15) is 5.52 Å². The van der Waals surface area contributed by atoms with Crippen molar-refractivity contribution >= 4 is 21.6 Å². The van der Waals surface area contributed by atoms with Crippen molar-refractivity contribution in [2.45, 2.75) is 52.4 Å². The van der Waals surface area contributed by atoms with Gasteiger partial charge >= 0.3 is 0 Å². The van der Waals surface area contributed by atoms with Crippen LogP contribution in [0.1, 0.15) is 52.1 Å². The van der Waals surface area contributed by atoms with Crippen LogP contribution in [0.4, 0.5) is 4.39 Å². The maximum Gasteiger partial charge on any atom is 0.150 e. The monoisotopic (exact) mass is 265 g/mol. The number of thiazole rings is 1. The maximum absolute atomic E-state index is 14.1. The number of nitrogens with zero attached hydrogens (tertiary/aromatic N) is 1. The number of hydrogen-bond acceptors (Lipinski definition) is 2. The van der Waals surface area contributed by atoms with E-state index in [1.54, 1.807) is 17.4 Å². The Labute approximate surface area is 112 Å². The van der Waals surface area contributed by atoms with Crippen LogP contribution in [-0.4, -0.2) is 4.98 Å². The molecule has 1 aromatic carbocycles. The van der Waals surface area contributed by atoms with E-state index in [1.807, 2.05) is 0 Å². The van der Waals surface area contributed by atoms with Crippen LogP contribution in [0.25, 0.3) is 10.2 Å². The van der Waals surface area contributed by atoms with Crippen molar-refractivity contribution in [3.05, 3.63) is 28.5 Å². The van der Waals surface area contributed by atoms with Crippen LogP contribution in [-0.2, 0) is 10.8 Å². The molecule has 98 valence electrons. The molecule has 0 bridgehead atoms. The van der Waals surface area contributed by atoms with Crippen LogP contribution in [0.15, 0.2) is 12.1 Å². The van der Waals surface area contributed by atoms with Gasteiger partial charge in [-0.1, -0.05) is 41.5 Å². The van der Waals surface area contributed by atoms with Crippen molar-refractivity contribution in [3.8, 4) is 0 Å². The first-order chi connectivity index (χ1) is 8.09. The van der Waals surface area contributed by atoms with Crippen molar-refractivity contribution in [1.29, 1.82) is 0 Å². The molecule has 0 aliphatic heterocycles. The molecule has 0 spiro atoms. The smallest absolute Gasteiger partial charge is 0.150 e. The van der Waals surface area contributed by atoms with Gasteiger partial charge in [0.2, 0.25) is 0 Å². The molecule has 0 fully saturated rings. The van der Waals surface area contributed by atoms with E-state index in [1.165, 1.54) is 0 Å². The highest BCUT2D eigenvalue weighted by Gasteiger charge is 2.22. The normalized spacial score (nSPS) is 13.3. The van der Waals surface area contributed by atoms with Gasteiger partial charge in [-0.25, -0.2) is 9.37 Å². The fraction of sp³-hybridized carbons (Fsp3) is 0.533. The molecule has 0 unspecified atom stereocenters. The molecule has 2 aromatic rings. The minimum Gasteiger partial charge on any atom is -0.238 e. The Balaban J connectivity index is 2.67. The molecule has 0 aliphatic rings. The lowest BCUT2D eigenvalue weighted by molar-refractivity contribution is 0.573. The predicted molar refractivity (Wildman–Crippen MR) is 77.0 cm³/mol. The minimum absolute atomic E-state index is 0.0297. The van der Waals surface area contributed by atoms with Crippen LogP contribution in [0.2, 0.25) is 0 Å². The van der Waals surface area contributed by atoms with Crippen molar-refractivity contribution in [1.82, 2.24) is 4.98 Å². The molecule has 3 heteroatoms. The van der Waals surface area contributed by atoms with Crippen molar-refractivity contribution in [2.24, 2.45) is 0 Å². The van der Waals surface area contributed by atoms with Gasteiger partial charge in [-0.3, -0.25) is 0 Å². The highest BCUT2D eigenvalue weighted by molar-refractivity contribution is 7.18. The van der Waals surface area contributed by atoms with Gasteiger partial charge in [0.25, 0.3) is 0 Å². The van der Waals surface area contributed by atoms with Crippen LogP contribution in [0, 0.1) is 5.82 Å². The third kappa shape index (κ3) is 2.41. The summed E-state index contributed by atoms with van der Waals surface area (Å²) < 4.78 is 15.1. The summed E-state index contributed by atoms with van der Waals surface area (Å²) in [5.41, 5.74) is 1.47. The SMILES string of the molecule is CC(C)(C)c1cc(F)c2nc(C(C)(C)C)sc2c1. The Bertz CT molecular complexity index is 585. The molecule has 1 aromatic heterocycles. The summed E-state index contributed by atoms with van der Waals surface area (Å²) in [6, 6.07) is 3.69. The molecular weight excluding hydrogens is 245 g/mol. The summed E-state index contributed by atoms with van der Waals surface area (Å²) >= 11 is 1.60. The molecule has 0 aliphatic carbocycles. The topological polar surface area (TPSA) is 12.9 Å². The Kier molecular flexibility index (Phi) is 3.01. The summed E-state index contributed by atoms with van der Waals surface area (Å²) in [7, 11) is 0. The highest BCUT2D eigenvalue weighted by Crippen LogP contribution is 2.35. The summed E-state index contributed by atoms with van der Waals surface area (Å²) in [4.78, 5) is 4.45. The molecule has 18 heavy (non-hydrogen) atoms. The number of rotatable bonds is 0. The third-order valence-electron chi connectivity index (χ3n) is 2.96. The molecule has 0 amide bonds. The van der Waals surface area contributed by atoms with Crippen LogP contribution in [0.3, 0.4) is 0 Å². The first kappa shape index (κ1) is 13.5. The third-order valence-corrected chi connectivity index (χ3v) is 4.38. The Morgan fingerprint density at radius 3 is 2.11 bits per heavy atom. The molecule has 0 N–H and O–H groups in total. The second kappa shape index (κ2) is 4.02. The molecule has 0 radical (unpaired) electrons. The van der Waals surface area contributed by atoms with Crippen LogP contribution >= 0.6 is 11.3 Å². The van der Waals surface area contributed by atoms with Gasteiger partial charge < -0.3 is 0 Å². The number of fused-ring (bicyclic) bond motifs is 1. The molecular formula is C15H20FNS. The zero-order chi connectivity index (χ0) is 13.7. The molecule has 0 saturated carbocycles. The average Bonchev–Trinajstić information content (AvgIpc) is 2.59. The first-order valence-electron chi connectivity index (χ1n) is 6.20. The van der Waals surface area contributed by atoms with Gasteiger partial charge in [0.15, 0.2) is 5.82 Å². The van der Waals surface area contributed by atoms with Crippen molar-refractivity contribution < 1.29 is 4.39 Å². The van der Waals surface area contributed by atoms with Gasteiger partial charge in [-0.15, -0.1) is 11.3 Å². The second-order valence-corrected chi connectivity index (χ2v) is 7.85. The zero-order valence-corrected chi connectivity index (χ0v) is 12.7.